The summed E-state index contributed by atoms with van der Waals surface area (Å²) in [7, 11) is 0.625. The molecule has 34 heavy (non-hydrogen) atoms. The summed E-state index contributed by atoms with van der Waals surface area (Å²) in [5.41, 5.74) is -0.395. The number of rotatable bonds is 4. The molecule has 10 nitrogen and oxygen atoms in total. The van der Waals surface area contributed by atoms with Crippen molar-refractivity contribution in [2.45, 2.75) is 25.0 Å². The maximum Gasteiger partial charge on any atom is 0.417 e. The van der Waals surface area contributed by atoms with Crippen molar-refractivity contribution in [2.75, 3.05) is 19.8 Å². The van der Waals surface area contributed by atoms with Crippen molar-refractivity contribution in [3.63, 3.8) is 0 Å². The zero-order chi connectivity index (χ0) is 25.2. The zero-order valence-electron chi connectivity index (χ0n) is 18.8. The fourth-order valence-electron chi connectivity index (χ4n) is 3.53. The highest BCUT2D eigenvalue weighted by molar-refractivity contribution is 7.91. The van der Waals surface area contributed by atoms with Gasteiger partial charge in [-0.1, -0.05) is 6.92 Å². The molecule has 4 aromatic heterocycles. The van der Waals surface area contributed by atoms with Crippen LogP contribution in [0.4, 0.5) is 13.2 Å². The first-order chi connectivity index (χ1) is 15.8. The topological polar surface area (TPSA) is 115 Å². The smallest absolute Gasteiger partial charge is 0.343 e. The second-order valence-electron chi connectivity index (χ2n) is 7.87. The highest BCUT2D eigenvalue weighted by Gasteiger charge is 2.34. The van der Waals surface area contributed by atoms with Crippen LogP contribution < -0.4 is 0 Å². The first-order valence-electron chi connectivity index (χ1n) is 10.0. The lowest BCUT2D eigenvalue weighted by molar-refractivity contribution is -0.137. The Labute approximate surface area is 192 Å². The Morgan fingerprint density at radius 1 is 1.15 bits per heavy atom. The van der Waals surface area contributed by atoms with Crippen molar-refractivity contribution in [2.24, 2.45) is 7.05 Å². The van der Waals surface area contributed by atoms with E-state index in [0.29, 0.717) is 11.8 Å². The van der Waals surface area contributed by atoms with Gasteiger partial charge < -0.3 is 9.47 Å². The van der Waals surface area contributed by atoms with Gasteiger partial charge in [0, 0.05) is 33.5 Å². The van der Waals surface area contributed by atoms with Crippen molar-refractivity contribution in [1.82, 2.24) is 34.0 Å². The number of imidazole rings is 1. The molecule has 0 saturated carbocycles. The van der Waals surface area contributed by atoms with Gasteiger partial charge in [-0.25, -0.2) is 27.9 Å². The molecule has 0 aromatic carbocycles. The fraction of sp³-hybridized carbons (Fsp3) is 0.350. The molecule has 1 amide bonds. The number of hydrogen-bond acceptors (Lipinski definition) is 7. The van der Waals surface area contributed by atoms with Gasteiger partial charge in [-0.15, -0.1) is 0 Å². The van der Waals surface area contributed by atoms with E-state index >= 15 is 0 Å². The first-order valence-corrected chi connectivity index (χ1v) is 11.7. The molecule has 0 radical (unpaired) electrons. The number of hydrogen-bond donors (Lipinski definition) is 0. The fourth-order valence-corrected chi connectivity index (χ4v) is 4.50. The van der Waals surface area contributed by atoms with Crippen LogP contribution in [0.15, 0.2) is 23.5 Å². The van der Waals surface area contributed by atoms with Gasteiger partial charge in [-0.05, 0) is 18.6 Å². The summed E-state index contributed by atoms with van der Waals surface area (Å²) >= 11 is 0. The van der Waals surface area contributed by atoms with Crippen LogP contribution in [-0.4, -0.2) is 68.2 Å². The van der Waals surface area contributed by atoms with Crippen LogP contribution in [0.1, 0.15) is 28.5 Å². The quantitative estimate of drug-likeness (QED) is 0.427. The van der Waals surface area contributed by atoms with Crippen LogP contribution in [-0.2, 0) is 23.1 Å². The summed E-state index contributed by atoms with van der Waals surface area (Å²) in [4.78, 5) is 26.6. The number of carbonyl (C=O) groups excluding carboxylic acids is 1. The number of alkyl halides is 3. The van der Waals surface area contributed by atoms with E-state index < -0.39 is 27.5 Å². The highest BCUT2D eigenvalue weighted by Crippen LogP contribution is 2.35. The van der Waals surface area contributed by atoms with Gasteiger partial charge in [0.05, 0.1) is 11.3 Å². The Bertz CT molecular complexity index is 1570. The molecule has 4 aromatic rings. The third kappa shape index (κ3) is 3.57. The number of pyridine rings is 1. The number of fused-ring (bicyclic) bond motifs is 2. The molecule has 0 fully saturated rings. The Balaban J connectivity index is 2.12. The Morgan fingerprint density at radius 2 is 1.79 bits per heavy atom. The predicted molar refractivity (Wildman–Crippen MR) is 116 cm³/mol. The van der Waals surface area contributed by atoms with E-state index in [4.69, 9.17) is 0 Å². The highest BCUT2D eigenvalue weighted by atomic mass is 32.2. The molecule has 0 unspecified atom stereocenters. The molecule has 14 heteroatoms. The lowest BCUT2D eigenvalue weighted by Crippen LogP contribution is -2.25. The third-order valence-electron chi connectivity index (χ3n) is 5.34. The maximum atomic E-state index is 13.2. The summed E-state index contributed by atoms with van der Waals surface area (Å²) in [5, 5.41) is 3.85. The molecule has 0 aliphatic rings. The molecule has 0 N–H and O–H groups in total. The largest absolute Gasteiger partial charge is 0.417 e. The summed E-state index contributed by atoms with van der Waals surface area (Å²) in [6.45, 7) is 3.07. The molecule has 0 aliphatic carbocycles. The molecular weight excluding hydrogens is 475 g/mol. The number of amides is 1. The van der Waals surface area contributed by atoms with E-state index in [9.17, 15) is 26.4 Å². The predicted octanol–water partition coefficient (Wildman–Crippen LogP) is 2.50. The van der Waals surface area contributed by atoms with Gasteiger partial charge in [0.15, 0.2) is 26.2 Å². The van der Waals surface area contributed by atoms with Gasteiger partial charge in [-0.2, -0.15) is 18.3 Å². The normalized spacial score (nSPS) is 12.6. The van der Waals surface area contributed by atoms with E-state index in [-0.39, 0.29) is 44.7 Å². The monoisotopic (exact) mass is 495 g/mol. The Morgan fingerprint density at radius 3 is 2.38 bits per heavy atom. The van der Waals surface area contributed by atoms with Gasteiger partial charge in [-0.3, -0.25) is 4.79 Å². The van der Waals surface area contributed by atoms with Crippen LogP contribution in [0.3, 0.4) is 0 Å². The van der Waals surface area contributed by atoms with Crippen molar-refractivity contribution >= 4 is 32.6 Å². The van der Waals surface area contributed by atoms with Crippen molar-refractivity contribution in [3.05, 3.63) is 35.3 Å². The van der Waals surface area contributed by atoms with Crippen LogP contribution in [0.5, 0.6) is 0 Å². The third-order valence-corrected chi connectivity index (χ3v) is 6.97. The van der Waals surface area contributed by atoms with E-state index in [1.807, 2.05) is 0 Å². The van der Waals surface area contributed by atoms with Crippen LogP contribution in [0.2, 0.25) is 0 Å². The molecule has 180 valence electrons. The second kappa shape index (κ2) is 7.75. The van der Waals surface area contributed by atoms with Crippen LogP contribution >= 0.6 is 0 Å². The van der Waals surface area contributed by atoms with E-state index in [2.05, 4.69) is 20.1 Å². The van der Waals surface area contributed by atoms with Crippen molar-refractivity contribution in [1.29, 1.82) is 0 Å². The standard InChI is InChI=1S/C20H20F3N7O3S/c1-6-34(32,33)18-13(16-24-8-10(2)14(30(16)27-18)19(31)28(3)4)17-26-12-7-11(20(21,22)23)9-25-15(12)29(17)5/h7-9H,6H2,1-5H3. The molecule has 0 bridgehead atoms. The minimum atomic E-state index is -4.62. The average molecular weight is 495 g/mol. The van der Waals surface area contributed by atoms with Crippen molar-refractivity contribution in [3.8, 4) is 11.4 Å². The molecule has 0 spiro atoms. The number of nitrogens with zero attached hydrogens (tertiary/aromatic N) is 7. The van der Waals surface area contributed by atoms with Gasteiger partial charge >= 0.3 is 6.18 Å². The van der Waals surface area contributed by atoms with Crippen LogP contribution in [0.25, 0.3) is 28.2 Å². The average Bonchev–Trinajstić information content (AvgIpc) is 3.30. The number of aromatic nitrogens is 6. The number of carbonyl (C=O) groups is 1. The molecule has 0 saturated heterocycles. The SMILES string of the molecule is CCS(=O)(=O)c1nn2c(C(=O)N(C)C)c(C)cnc2c1-c1nc2cc(C(F)(F)F)cnc2n1C. The van der Waals surface area contributed by atoms with E-state index in [1.54, 1.807) is 6.92 Å². The molecular formula is C20H20F3N7O3S. The van der Waals surface area contributed by atoms with Gasteiger partial charge in [0.1, 0.15) is 22.6 Å². The minimum Gasteiger partial charge on any atom is -0.343 e. The van der Waals surface area contributed by atoms with Gasteiger partial charge in [0.25, 0.3) is 5.91 Å². The van der Waals surface area contributed by atoms with Crippen molar-refractivity contribution < 1.29 is 26.4 Å². The molecule has 0 atom stereocenters. The van der Waals surface area contributed by atoms with E-state index in [1.165, 1.54) is 43.7 Å². The zero-order valence-corrected chi connectivity index (χ0v) is 19.7. The second-order valence-corrected chi connectivity index (χ2v) is 10.1. The summed E-state index contributed by atoms with van der Waals surface area (Å²) in [5.74, 6) is -0.732. The number of halogens is 3. The minimum absolute atomic E-state index is 0.00320. The van der Waals surface area contributed by atoms with E-state index in [0.717, 1.165) is 10.6 Å². The molecule has 4 rings (SSSR count). The summed E-state index contributed by atoms with van der Waals surface area (Å²) in [6, 6.07) is 0.837. The lowest BCUT2D eigenvalue weighted by atomic mass is 10.2. The van der Waals surface area contributed by atoms with Crippen LogP contribution in [0, 0.1) is 6.92 Å². The van der Waals surface area contributed by atoms with Gasteiger partial charge in [0.2, 0.25) is 0 Å². The summed E-state index contributed by atoms with van der Waals surface area (Å²) in [6.07, 6.45) is -2.54. The lowest BCUT2D eigenvalue weighted by Gasteiger charge is -2.13. The molecule has 4 heterocycles. The first kappa shape index (κ1) is 23.6. The Hall–Kier alpha value is -3.55. The molecule has 0 aliphatic heterocycles. The maximum absolute atomic E-state index is 13.2. The number of aryl methyl sites for hydroxylation is 2. The Kier molecular flexibility index (Phi) is 5.38. The summed E-state index contributed by atoms with van der Waals surface area (Å²) < 4.78 is 68.0. The number of sulfone groups is 1.